The minimum atomic E-state index is -5.48. The zero-order chi connectivity index (χ0) is 30.2. The molecule has 0 aliphatic carbocycles. The molecule has 0 aromatic heterocycles. The van der Waals surface area contributed by atoms with E-state index in [2.05, 4.69) is 10.1 Å². The maximum absolute atomic E-state index is 12.7. The van der Waals surface area contributed by atoms with Crippen LogP contribution in [-0.4, -0.2) is 70.4 Å². The Labute approximate surface area is 222 Å². The molecule has 13 nitrogen and oxygen atoms in total. The summed E-state index contributed by atoms with van der Waals surface area (Å²) in [5.41, 5.74) is 5.25. The number of benzene rings is 2. The molecule has 0 heterocycles. The van der Waals surface area contributed by atoms with Crippen LogP contribution >= 0.6 is 0 Å². The molecule has 2 rings (SSSR count). The Morgan fingerprint density at radius 1 is 0.950 bits per heavy atom. The van der Waals surface area contributed by atoms with Gasteiger partial charge >= 0.3 is 30.1 Å². The average molecular weight is 567 g/mol. The van der Waals surface area contributed by atoms with E-state index in [1.807, 2.05) is 0 Å². The number of Topliss-reactive ketones (excluding diaryl/α,β-unsaturated/α-hetero) is 1. The first-order valence-corrected chi connectivity index (χ1v) is 10.9. The number of carbonyl (C=O) groups excluding carboxylic acids is 4. The monoisotopic (exact) mass is 567 g/mol. The van der Waals surface area contributed by atoms with Gasteiger partial charge in [-0.05, 0) is 30.3 Å². The summed E-state index contributed by atoms with van der Waals surface area (Å²) in [6.07, 6.45) is -7.16. The Hall–Kier alpha value is -5.28. The minimum Gasteiger partial charge on any atom is -0.491 e. The Morgan fingerprint density at radius 3 is 2.05 bits per heavy atom. The molecular formula is C24H20F3N3O10. The van der Waals surface area contributed by atoms with Gasteiger partial charge in [0, 0.05) is 23.1 Å². The van der Waals surface area contributed by atoms with Gasteiger partial charge in [0.15, 0.2) is 0 Å². The fourth-order valence-electron chi connectivity index (χ4n) is 3.03. The van der Waals surface area contributed by atoms with Crippen LogP contribution in [0.5, 0.6) is 5.75 Å². The minimum absolute atomic E-state index is 0.00145. The van der Waals surface area contributed by atoms with Gasteiger partial charge in [0.25, 0.3) is 5.91 Å². The lowest BCUT2D eigenvalue weighted by Gasteiger charge is -2.20. The molecule has 6 N–H and O–H groups in total. The largest absolute Gasteiger partial charge is 0.491 e. The topological polar surface area (TPSA) is 223 Å². The summed E-state index contributed by atoms with van der Waals surface area (Å²) < 4.78 is 46.7. The highest BCUT2D eigenvalue weighted by atomic mass is 19.4. The number of rotatable bonds is 12. The van der Waals surface area contributed by atoms with Crippen molar-refractivity contribution in [1.29, 1.82) is 5.41 Å². The third-order valence-corrected chi connectivity index (χ3v) is 4.99. The van der Waals surface area contributed by atoms with Crippen LogP contribution in [0.4, 0.5) is 13.2 Å². The van der Waals surface area contributed by atoms with Crippen molar-refractivity contribution >= 4 is 41.4 Å². The SMILES string of the molecule is N=C(N)c1ccc(CC(=O)C(=O)O)c(OC[C@@H](CC(=O)OC(=O)C(F)(F)F)NC(=O)c2ccc(C(=O)O)cc2)c1. The van der Waals surface area contributed by atoms with E-state index in [-0.39, 0.29) is 28.0 Å². The highest BCUT2D eigenvalue weighted by Gasteiger charge is 2.42. The number of aromatic carboxylic acids is 1. The Kier molecular flexibility index (Phi) is 10.0. The highest BCUT2D eigenvalue weighted by Crippen LogP contribution is 2.23. The first-order valence-electron chi connectivity index (χ1n) is 10.9. The van der Waals surface area contributed by atoms with Crippen molar-refractivity contribution in [2.24, 2.45) is 5.73 Å². The summed E-state index contributed by atoms with van der Waals surface area (Å²) in [7, 11) is 0. The number of ether oxygens (including phenoxy) is 2. The number of nitrogen functional groups attached to an aromatic ring is 1. The molecular weight excluding hydrogens is 547 g/mol. The van der Waals surface area contributed by atoms with E-state index >= 15 is 0 Å². The molecule has 0 saturated carbocycles. The lowest BCUT2D eigenvalue weighted by atomic mass is 10.0. The number of halogens is 3. The van der Waals surface area contributed by atoms with E-state index in [4.69, 9.17) is 26.1 Å². The molecule has 212 valence electrons. The van der Waals surface area contributed by atoms with Gasteiger partial charge in [-0.1, -0.05) is 12.1 Å². The number of aliphatic carboxylic acids is 1. The van der Waals surface area contributed by atoms with E-state index < -0.39 is 73.1 Å². The molecule has 0 saturated heterocycles. The highest BCUT2D eigenvalue weighted by molar-refractivity contribution is 6.33. The second kappa shape index (κ2) is 13.0. The van der Waals surface area contributed by atoms with Gasteiger partial charge < -0.3 is 30.7 Å². The van der Waals surface area contributed by atoms with Crippen molar-refractivity contribution in [2.45, 2.75) is 25.1 Å². The molecule has 0 unspecified atom stereocenters. The lowest BCUT2D eigenvalue weighted by molar-refractivity contribution is -0.202. The van der Waals surface area contributed by atoms with E-state index in [1.165, 1.54) is 12.1 Å². The molecule has 0 fully saturated rings. The Morgan fingerprint density at radius 2 is 1.52 bits per heavy atom. The van der Waals surface area contributed by atoms with Crippen LogP contribution < -0.4 is 15.8 Å². The van der Waals surface area contributed by atoms with Crippen LogP contribution in [0.2, 0.25) is 0 Å². The molecule has 0 aliphatic heterocycles. The molecule has 40 heavy (non-hydrogen) atoms. The van der Waals surface area contributed by atoms with Gasteiger partial charge in [0.05, 0.1) is 18.0 Å². The van der Waals surface area contributed by atoms with Crippen LogP contribution in [0.1, 0.15) is 38.3 Å². The zero-order valence-corrected chi connectivity index (χ0v) is 20.1. The van der Waals surface area contributed by atoms with Crippen LogP contribution in [0.15, 0.2) is 42.5 Å². The van der Waals surface area contributed by atoms with Crippen LogP contribution in [-0.2, 0) is 30.3 Å². The van der Waals surface area contributed by atoms with Gasteiger partial charge in [-0.3, -0.25) is 19.8 Å². The summed E-state index contributed by atoms with van der Waals surface area (Å²) in [5.74, 6) is -10.3. The zero-order valence-electron chi connectivity index (χ0n) is 20.1. The summed E-state index contributed by atoms with van der Waals surface area (Å²) in [4.78, 5) is 69.4. The van der Waals surface area contributed by atoms with Crippen LogP contribution in [0, 0.1) is 5.41 Å². The molecule has 2 aromatic rings. The first kappa shape index (κ1) is 30.9. The summed E-state index contributed by atoms with van der Waals surface area (Å²) in [6.45, 7) is -0.691. The van der Waals surface area contributed by atoms with Gasteiger partial charge in [-0.2, -0.15) is 13.2 Å². The number of carboxylic acid groups (broad SMARTS) is 2. The number of nitrogens with two attached hydrogens (primary N) is 1. The van der Waals surface area contributed by atoms with E-state index in [1.54, 1.807) is 0 Å². The molecule has 1 atom stereocenters. The number of carbonyl (C=O) groups is 6. The van der Waals surface area contributed by atoms with E-state index in [9.17, 15) is 41.9 Å². The van der Waals surface area contributed by atoms with Crippen molar-refractivity contribution in [2.75, 3.05) is 6.61 Å². The fraction of sp³-hybridized carbons (Fsp3) is 0.208. The van der Waals surface area contributed by atoms with E-state index in [0.717, 1.165) is 30.3 Å². The van der Waals surface area contributed by atoms with Crippen LogP contribution in [0.25, 0.3) is 0 Å². The van der Waals surface area contributed by atoms with E-state index in [0.29, 0.717) is 0 Å². The predicted molar refractivity (Wildman–Crippen MR) is 126 cm³/mol. The van der Waals surface area contributed by atoms with Crippen molar-refractivity contribution in [3.05, 3.63) is 64.7 Å². The maximum atomic E-state index is 12.7. The Balaban J connectivity index is 2.32. The number of amides is 1. The summed E-state index contributed by atoms with van der Waals surface area (Å²) >= 11 is 0. The molecule has 0 aliphatic rings. The summed E-state index contributed by atoms with van der Waals surface area (Å²) in [5, 5.41) is 27.7. The quantitative estimate of drug-likeness (QED) is 0.0802. The molecule has 16 heteroatoms. The lowest BCUT2D eigenvalue weighted by Crippen LogP contribution is -2.42. The Bertz CT molecular complexity index is 1360. The third-order valence-electron chi connectivity index (χ3n) is 4.99. The second-order valence-electron chi connectivity index (χ2n) is 7.97. The smallest absolute Gasteiger partial charge is 0.491 e. The number of nitrogens with one attached hydrogen (secondary N) is 2. The summed E-state index contributed by atoms with van der Waals surface area (Å²) in [6, 6.07) is 6.64. The number of alkyl halides is 3. The van der Waals surface area contributed by atoms with Gasteiger partial charge in [-0.15, -0.1) is 0 Å². The number of esters is 2. The predicted octanol–water partition coefficient (Wildman–Crippen LogP) is 1.06. The first-order chi connectivity index (χ1) is 18.6. The van der Waals surface area contributed by atoms with Crippen molar-refractivity contribution in [3.63, 3.8) is 0 Å². The molecule has 0 radical (unpaired) electrons. The molecule has 2 aromatic carbocycles. The van der Waals surface area contributed by atoms with Gasteiger partial charge in [0.2, 0.25) is 5.78 Å². The standard InChI is InChI=1S/C24H20F3N3O10/c25-24(26,27)23(38)40-18(32)9-15(30-20(33)11-1-3-12(4-2-11)21(34)35)10-39-17-8-14(19(28)29)6-5-13(17)7-16(31)22(36)37/h1-6,8,15H,7,9-10H2,(H3,28,29)(H,30,33)(H,34,35)(H,36,37)/t15-/m1/s1. The number of hydrogen-bond acceptors (Lipinski definition) is 9. The number of ketones is 1. The number of amidine groups is 1. The normalized spacial score (nSPS) is 11.6. The maximum Gasteiger partial charge on any atom is 0.491 e. The van der Waals surface area contributed by atoms with Crippen LogP contribution in [0.3, 0.4) is 0 Å². The number of carboxylic acids is 2. The molecule has 1 amide bonds. The van der Waals surface area contributed by atoms with Crippen molar-refractivity contribution in [3.8, 4) is 5.75 Å². The molecule has 0 spiro atoms. The van der Waals surface area contributed by atoms with Gasteiger partial charge in [-0.25, -0.2) is 14.4 Å². The second-order valence-corrected chi connectivity index (χ2v) is 7.97. The third kappa shape index (κ3) is 8.93. The fourth-order valence-corrected chi connectivity index (χ4v) is 3.03. The van der Waals surface area contributed by atoms with Crippen molar-refractivity contribution in [1.82, 2.24) is 5.32 Å². The number of hydrogen-bond donors (Lipinski definition) is 5. The molecule has 0 bridgehead atoms. The van der Waals surface area contributed by atoms with Crippen molar-refractivity contribution < 1.29 is 61.6 Å². The average Bonchev–Trinajstić information content (AvgIpc) is 2.86. The van der Waals surface area contributed by atoms with Gasteiger partial charge in [0.1, 0.15) is 18.2 Å².